The SMILES string of the molecule is CC(C)CC=CC(C)(OS(C)(=O)=O)OS(C)(=O)=O. The van der Waals surface area contributed by atoms with E-state index in [2.05, 4.69) is 8.37 Å². The molecule has 0 aromatic heterocycles. The molecule has 6 nitrogen and oxygen atoms in total. The highest BCUT2D eigenvalue weighted by Gasteiger charge is 2.32. The van der Waals surface area contributed by atoms with Gasteiger partial charge in [-0.1, -0.05) is 19.9 Å². The molecule has 8 heteroatoms. The predicted octanol–water partition coefficient (Wildman–Crippen LogP) is 1.26. The fraction of sp³-hybridized carbons (Fsp3) is 0.800. The molecule has 108 valence electrons. The summed E-state index contributed by atoms with van der Waals surface area (Å²) < 4.78 is 53.7. The van der Waals surface area contributed by atoms with Crippen molar-refractivity contribution >= 4 is 20.2 Å². The smallest absolute Gasteiger partial charge is 0.231 e. The molecule has 0 aliphatic heterocycles. The minimum absolute atomic E-state index is 0.349. The zero-order chi connectivity index (χ0) is 14.6. The second-order valence-corrected chi connectivity index (χ2v) is 7.77. The lowest BCUT2D eigenvalue weighted by Gasteiger charge is -2.23. The van der Waals surface area contributed by atoms with Gasteiger partial charge in [0.25, 0.3) is 20.2 Å². The van der Waals surface area contributed by atoms with Gasteiger partial charge in [0.15, 0.2) is 0 Å². The first-order chi connectivity index (χ1) is 7.83. The van der Waals surface area contributed by atoms with Crippen LogP contribution in [-0.4, -0.2) is 35.1 Å². The molecule has 0 spiro atoms. The fourth-order valence-electron chi connectivity index (χ4n) is 1.22. The number of allylic oxidation sites excluding steroid dienone is 1. The van der Waals surface area contributed by atoms with E-state index < -0.39 is 26.0 Å². The monoisotopic (exact) mass is 300 g/mol. The van der Waals surface area contributed by atoms with E-state index >= 15 is 0 Å². The maximum absolute atomic E-state index is 11.1. The van der Waals surface area contributed by atoms with Crippen molar-refractivity contribution in [3.63, 3.8) is 0 Å². The molecule has 0 aliphatic rings. The van der Waals surface area contributed by atoms with Crippen molar-refractivity contribution in [2.75, 3.05) is 12.5 Å². The van der Waals surface area contributed by atoms with Crippen LogP contribution in [0.1, 0.15) is 27.2 Å². The number of hydrogen-bond acceptors (Lipinski definition) is 6. The molecule has 0 rings (SSSR count). The molecule has 0 bridgehead atoms. The van der Waals surface area contributed by atoms with Crippen molar-refractivity contribution in [3.8, 4) is 0 Å². The third-order valence-electron chi connectivity index (χ3n) is 1.66. The number of hydrogen-bond donors (Lipinski definition) is 0. The molecule has 0 aromatic carbocycles. The van der Waals surface area contributed by atoms with Crippen molar-refractivity contribution in [2.45, 2.75) is 33.0 Å². The Morgan fingerprint density at radius 3 is 1.72 bits per heavy atom. The molecule has 0 atom stereocenters. The average molecular weight is 300 g/mol. The molecule has 0 saturated heterocycles. The Labute approximate surface area is 109 Å². The van der Waals surface area contributed by atoms with Gasteiger partial charge in [-0.25, -0.2) is 8.37 Å². The second-order valence-electron chi connectivity index (χ2n) is 4.62. The maximum atomic E-state index is 11.1. The van der Waals surface area contributed by atoms with Gasteiger partial charge < -0.3 is 0 Å². The van der Waals surface area contributed by atoms with Crippen LogP contribution in [0.5, 0.6) is 0 Å². The standard InChI is InChI=1S/C10H20O6S2/c1-9(2)7-6-8-10(3,15-17(4,11)12)16-18(5,13)14/h6,8-9H,7H2,1-5H3. The third kappa shape index (κ3) is 9.58. The first kappa shape index (κ1) is 17.6. The lowest BCUT2D eigenvalue weighted by Crippen LogP contribution is -2.34. The zero-order valence-electron chi connectivity index (χ0n) is 11.2. The first-order valence-electron chi connectivity index (χ1n) is 5.32. The minimum atomic E-state index is -3.85. The Kier molecular flexibility index (Phi) is 5.99. The van der Waals surface area contributed by atoms with Crippen molar-refractivity contribution in [1.29, 1.82) is 0 Å². The molecular weight excluding hydrogens is 280 g/mol. The van der Waals surface area contributed by atoms with Crippen LogP contribution in [0.15, 0.2) is 12.2 Å². The Morgan fingerprint density at radius 2 is 1.44 bits per heavy atom. The van der Waals surface area contributed by atoms with Gasteiger partial charge in [-0.2, -0.15) is 16.8 Å². The van der Waals surface area contributed by atoms with E-state index in [1.54, 1.807) is 6.08 Å². The Bertz CT molecular complexity index is 452. The van der Waals surface area contributed by atoms with E-state index in [9.17, 15) is 16.8 Å². The van der Waals surface area contributed by atoms with Crippen LogP contribution >= 0.6 is 0 Å². The summed E-state index contributed by atoms with van der Waals surface area (Å²) in [6.45, 7) is 5.17. The Balaban J connectivity index is 5.10. The molecule has 0 amide bonds. The summed E-state index contributed by atoms with van der Waals surface area (Å²) in [5.74, 6) is -1.50. The van der Waals surface area contributed by atoms with E-state index in [1.807, 2.05) is 13.8 Å². The quantitative estimate of drug-likeness (QED) is 0.399. The predicted molar refractivity (Wildman–Crippen MR) is 68.9 cm³/mol. The van der Waals surface area contributed by atoms with E-state index in [4.69, 9.17) is 0 Å². The molecule has 0 aliphatic carbocycles. The molecule has 0 heterocycles. The highest BCUT2D eigenvalue weighted by Crippen LogP contribution is 2.20. The highest BCUT2D eigenvalue weighted by molar-refractivity contribution is 7.86. The van der Waals surface area contributed by atoms with Crippen LogP contribution in [0.2, 0.25) is 0 Å². The molecule has 18 heavy (non-hydrogen) atoms. The van der Waals surface area contributed by atoms with Gasteiger partial charge in [-0.05, 0) is 25.3 Å². The van der Waals surface area contributed by atoms with Crippen molar-refractivity contribution < 1.29 is 25.2 Å². The van der Waals surface area contributed by atoms with Gasteiger partial charge in [0.05, 0.1) is 12.5 Å². The van der Waals surface area contributed by atoms with Gasteiger partial charge in [-0.15, -0.1) is 0 Å². The van der Waals surface area contributed by atoms with E-state index in [1.165, 1.54) is 13.0 Å². The summed E-state index contributed by atoms with van der Waals surface area (Å²) >= 11 is 0. The summed E-state index contributed by atoms with van der Waals surface area (Å²) in [7, 11) is -7.69. The molecule has 0 N–H and O–H groups in total. The normalized spacial score (nSPS) is 14.6. The molecule has 0 radical (unpaired) electrons. The molecular formula is C10H20O6S2. The van der Waals surface area contributed by atoms with Crippen LogP contribution in [-0.2, 0) is 28.6 Å². The van der Waals surface area contributed by atoms with Crippen molar-refractivity contribution in [1.82, 2.24) is 0 Å². The molecule has 0 saturated carbocycles. The van der Waals surface area contributed by atoms with Gasteiger partial charge in [0.2, 0.25) is 5.79 Å². The second kappa shape index (κ2) is 6.14. The summed E-state index contributed by atoms with van der Waals surface area (Å²) in [4.78, 5) is 0. The van der Waals surface area contributed by atoms with E-state index in [0.29, 0.717) is 12.3 Å². The maximum Gasteiger partial charge on any atom is 0.267 e. The van der Waals surface area contributed by atoms with Crippen LogP contribution in [0.25, 0.3) is 0 Å². The fourth-order valence-corrected chi connectivity index (χ4v) is 2.65. The third-order valence-corrected chi connectivity index (χ3v) is 2.93. The minimum Gasteiger partial charge on any atom is -0.231 e. The van der Waals surface area contributed by atoms with E-state index in [0.717, 1.165) is 12.5 Å². The van der Waals surface area contributed by atoms with Crippen molar-refractivity contribution in [3.05, 3.63) is 12.2 Å². The van der Waals surface area contributed by atoms with Crippen LogP contribution in [0.4, 0.5) is 0 Å². The Morgan fingerprint density at radius 1 is 1.06 bits per heavy atom. The van der Waals surface area contributed by atoms with Crippen molar-refractivity contribution in [2.24, 2.45) is 5.92 Å². The summed E-state index contributed by atoms with van der Waals surface area (Å²) in [6.07, 6.45) is 5.21. The molecule has 0 aromatic rings. The zero-order valence-corrected chi connectivity index (χ0v) is 12.8. The van der Waals surface area contributed by atoms with E-state index in [-0.39, 0.29) is 0 Å². The van der Waals surface area contributed by atoms with Crippen LogP contribution in [0.3, 0.4) is 0 Å². The summed E-state index contributed by atoms with van der Waals surface area (Å²) in [5.41, 5.74) is 0. The van der Waals surface area contributed by atoms with Gasteiger partial charge in [-0.3, -0.25) is 0 Å². The topological polar surface area (TPSA) is 86.7 Å². The molecule has 0 unspecified atom stereocenters. The lowest BCUT2D eigenvalue weighted by atomic mass is 10.1. The largest absolute Gasteiger partial charge is 0.267 e. The average Bonchev–Trinajstić information content (AvgIpc) is 1.93. The first-order valence-corrected chi connectivity index (χ1v) is 8.95. The summed E-state index contributed by atoms with van der Waals surface area (Å²) in [6, 6.07) is 0. The lowest BCUT2D eigenvalue weighted by molar-refractivity contribution is -0.0422. The van der Waals surface area contributed by atoms with Crippen LogP contribution < -0.4 is 0 Å². The summed E-state index contributed by atoms with van der Waals surface area (Å²) in [5, 5.41) is 0. The number of rotatable bonds is 7. The van der Waals surface area contributed by atoms with Gasteiger partial charge in [0.1, 0.15) is 0 Å². The molecule has 0 fully saturated rings. The van der Waals surface area contributed by atoms with Crippen LogP contribution in [0, 0.1) is 5.92 Å². The van der Waals surface area contributed by atoms with Gasteiger partial charge >= 0.3 is 0 Å². The highest BCUT2D eigenvalue weighted by atomic mass is 32.2. The Hall–Kier alpha value is -0.440. The van der Waals surface area contributed by atoms with Gasteiger partial charge in [0, 0.05) is 0 Å².